The normalized spacial score (nSPS) is 25.0. The van der Waals surface area contributed by atoms with Gasteiger partial charge in [-0.2, -0.15) is 5.10 Å². The summed E-state index contributed by atoms with van der Waals surface area (Å²) >= 11 is 0. The van der Waals surface area contributed by atoms with E-state index in [-0.39, 0.29) is 11.8 Å². The van der Waals surface area contributed by atoms with E-state index >= 15 is 0 Å². The molecule has 1 aromatic heterocycles. The number of likely N-dealkylation sites (tertiary alicyclic amines) is 1. The molecule has 2 atom stereocenters. The maximum atomic E-state index is 12.2. The number of amides is 1. The second-order valence-corrected chi connectivity index (χ2v) is 4.66. The van der Waals surface area contributed by atoms with Gasteiger partial charge in [-0.05, 0) is 12.3 Å². The summed E-state index contributed by atoms with van der Waals surface area (Å²) < 4.78 is 1.47. The van der Waals surface area contributed by atoms with Gasteiger partial charge in [0.15, 0.2) is 0 Å². The van der Waals surface area contributed by atoms with E-state index in [1.54, 1.807) is 11.9 Å². The topological polar surface area (TPSA) is 84.4 Å². The first kappa shape index (κ1) is 11.9. The minimum absolute atomic E-state index is 0.159. The van der Waals surface area contributed by atoms with E-state index in [1.807, 2.05) is 6.92 Å². The molecule has 1 fully saturated rings. The number of rotatable bonds is 1. The van der Waals surface area contributed by atoms with Crippen LogP contribution < -0.4 is 5.73 Å². The number of piperidine rings is 1. The maximum absolute atomic E-state index is 12.2. The molecule has 6 heteroatoms. The van der Waals surface area contributed by atoms with Gasteiger partial charge in [0.1, 0.15) is 5.69 Å². The Morgan fingerprint density at radius 3 is 2.88 bits per heavy atom. The molecule has 1 saturated heterocycles. The fourth-order valence-corrected chi connectivity index (χ4v) is 2.10. The first-order valence-corrected chi connectivity index (χ1v) is 5.75. The third kappa shape index (κ3) is 2.12. The van der Waals surface area contributed by atoms with Crippen molar-refractivity contribution >= 4 is 11.6 Å². The van der Waals surface area contributed by atoms with Gasteiger partial charge in [0.25, 0.3) is 5.91 Å². The Kier molecular flexibility index (Phi) is 3.06. The van der Waals surface area contributed by atoms with Crippen LogP contribution in [-0.2, 0) is 7.05 Å². The highest BCUT2D eigenvalue weighted by atomic mass is 16.3. The lowest BCUT2D eigenvalue weighted by molar-refractivity contribution is 0.0243. The zero-order chi connectivity index (χ0) is 12.6. The number of carbonyl (C=O) groups is 1. The van der Waals surface area contributed by atoms with Gasteiger partial charge in [-0.3, -0.25) is 9.48 Å². The van der Waals surface area contributed by atoms with Crippen LogP contribution in [0.3, 0.4) is 0 Å². The summed E-state index contributed by atoms with van der Waals surface area (Å²) in [5.74, 6) is 0.0800. The number of aliphatic hydroxyl groups is 1. The number of aliphatic hydroxyl groups excluding tert-OH is 1. The molecule has 0 bridgehead atoms. The molecule has 6 nitrogen and oxygen atoms in total. The molecular formula is C11H18N4O2. The summed E-state index contributed by atoms with van der Waals surface area (Å²) in [4.78, 5) is 13.9. The third-order valence-corrected chi connectivity index (χ3v) is 3.38. The Bertz CT molecular complexity index is 410. The van der Waals surface area contributed by atoms with E-state index < -0.39 is 6.10 Å². The van der Waals surface area contributed by atoms with Crippen molar-refractivity contribution in [1.29, 1.82) is 0 Å². The first-order chi connectivity index (χ1) is 8.00. The van der Waals surface area contributed by atoms with E-state index in [0.717, 1.165) is 6.42 Å². The van der Waals surface area contributed by atoms with E-state index in [1.165, 1.54) is 10.9 Å². The second-order valence-electron chi connectivity index (χ2n) is 4.66. The molecule has 2 rings (SSSR count). The minimum Gasteiger partial charge on any atom is -0.396 e. The highest BCUT2D eigenvalue weighted by molar-refractivity contribution is 5.97. The fourth-order valence-electron chi connectivity index (χ4n) is 2.10. The Hall–Kier alpha value is -1.56. The molecule has 0 saturated carbocycles. The van der Waals surface area contributed by atoms with Gasteiger partial charge >= 0.3 is 0 Å². The molecule has 1 aliphatic rings. The zero-order valence-corrected chi connectivity index (χ0v) is 10.1. The van der Waals surface area contributed by atoms with Crippen molar-refractivity contribution in [1.82, 2.24) is 14.7 Å². The molecule has 0 spiro atoms. The standard InChI is InChI=1S/C11H18N4O2/c1-7-3-4-15(6-9(7)16)11(17)10-8(12)5-13-14(10)2/h5,7,9,16H,3-4,6,12H2,1-2H3. The smallest absolute Gasteiger partial charge is 0.274 e. The summed E-state index contributed by atoms with van der Waals surface area (Å²) in [5, 5.41) is 13.7. The summed E-state index contributed by atoms with van der Waals surface area (Å²) in [6, 6.07) is 0. The lowest BCUT2D eigenvalue weighted by atomic mass is 9.96. The predicted molar refractivity (Wildman–Crippen MR) is 63.3 cm³/mol. The molecule has 0 radical (unpaired) electrons. The number of hydrogen-bond acceptors (Lipinski definition) is 4. The molecular weight excluding hydrogens is 220 g/mol. The number of anilines is 1. The van der Waals surface area contributed by atoms with E-state index in [9.17, 15) is 9.90 Å². The average molecular weight is 238 g/mol. The van der Waals surface area contributed by atoms with Crippen molar-refractivity contribution in [3.05, 3.63) is 11.9 Å². The average Bonchev–Trinajstić information content (AvgIpc) is 2.62. The maximum Gasteiger partial charge on any atom is 0.274 e. The number of hydrogen-bond donors (Lipinski definition) is 2. The van der Waals surface area contributed by atoms with Crippen LogP contribution in [0.1, 0.15) is 23.8 Å². The number of β-amino-alcohol motifs (C(OH)–C–C–N with tert-alkyl or cyclic N) is 1. The van der Waals surface area contributed by atoms with Crippen LogP contribution in [0.2, 0.25) is 0 Å². The van der Waals surface area contributed by atoms with Gasteiger partial charge in [0, 0.05) is 20.1 Å². The van der Waals surface area contributed by atoms with Gasteiger partial charge in [-0.25, -0.2) is 0 Å². The van der Waals surface area contributed by atoms with Gasteiger partial charge in [-0.15, -0.1) is 0 Å². The molecule has 2 unspecified atom stereocenters. The highest BCUT2D eigenvalue weighted by Crippen LogP contribution is 2.20. The number of nitrogens with zero attached hydrogens (tertiary/aromatic N) is 3. The Morgan fingerprint density at radius 1 is 1.65 bits per heavy atom. The van der Waals surface area contributed by atoms with Crippen LogP contribution in [0.15, 0.2) is 6.20 Å². The van der Waals surface area contributed by atoms with Crippen molar-refractivity contribution in [2.75, 3.05) is 18.8 Å². The van der Waals surface area contributed by atoms with Crippen LogP contribution in [-0.4, -0.2) is 44.9 Å². The van der Waals surface area contributed by atoms with Crippen LogP contribution >= 0.6 is 0 Å². The molecule has 2 heterocycles. The highest BCUT2D eigenvalue weighted by Gasteiger charge is 2.29. The predicted octanol–water partition coefficient (Wildman–Crippen LogP) is -0.155. The molecule has 1 aromatic rings. The van der Waals surface area contributed by atoms with Crippen LogP contribution in [0.4, 0.5) is 5.69 Å². The summed E-state index contributed by atoms with van der Waals surface area (Å²) in [6.45, 7) is 3.01. The van der Waals surface area contributed by atoms with Crippen molar-refractivity contribution in [3.63, 3.8) is 0 Å². The number of nitrogen functional groups attached to an aromatic ring is 1. The Labute approximate surface area is 100 Å². The zero-order valence-electron chi connectivity index (χ0n) is 10.1. The Balaban J connectivity index is 2.16. The molecule has 0 aromatic carbocycles. The van der Waals surface area contributed by atoms with Gasteiger partial charge in [-0.1, -0.05) is 6.92 Å². The molecule has 1 aliphatic heterocycles. The van der Waals surface area contributed by atoms with Crippen LogP contribution in [0.25, 0.3) is 0 Å². The fraction of sp³-hybridized carbons (Fsp3) is 0.636. The molecule has 3 N–H and O–H groups in total. The molecule has 94 valence electrons. The summed E-state index contributed by atoms with van der Waals surface area (Å²) in [6.07, 6.45) is 1.82. The molecule has 17 heavy (non-hydrogen) atoms. The van der Waals surface area contributed by atoms with Crippen LogP contribution in [0, 0.1) is 5.92 Å². The summed E-state index contributed by atoms with van der Waals surface area (Å²) in [7, 11) is 1.69. The van der Waals surface area contributed by atoms with Crippen molar-refractivity contribution < 1.29 is 9.90 Å². The van der Waals surface area contributed by atoms with Crippen molar-refractivity contribution in [3.8, 4) is 0 Å². The van der Waals surface area contributed by atoms with Gasteiger partial charge < -0.3 is 15.7 Å². The lowest BCUT2D eigenvalue weighted by Crippen LogP contribution is -2.46. The second kappa shape index (κ2) is 4.37. The largest absolute Gasteiger partial charge is 0.396 e. The monoisotopic (exact) mass is 238 g/mol. The number of nitrogens with two attached hydrogens (primary N) is 1. The first-order valence-electron chi connectivity index (χ1n) is 5.75. The van der Waals surface area contributed by atoms with Gasteiger partial charge in [0.2, 0.25) is 0 Å². The number of aromatic nitrogens is 2. The third-order valence-electron chi connectivity index (χ3n) is 3.38. The lowest BCUT2D eigenvalue weighted by Gasteiger charge is -2.34. The number of aryl methyl sites for hydroxylation is 1. The summed E-state index contributed by atoms with van der Waals surface area (Å²) in [5.41, 5.74) is 6.49. The van der Waals surface area contributed by atoms with E-state index in [4.69, 9.17) is 5.73 Å². The SMILES string of the molecule is CC1CCN(C(=O)c2c(N)cnn2C)CC1O. The van der Waals surface area contributed by atoms with E-state index in [2.05, 4.69) is 5.10 Å². The van der Waals surface area contributed by atoms with Crippen LogP contribution in [0.5, 0.6) is 0 Å². The Morgan fingerprint density at radius 2 is 2.35 bits per heavy atom. The van der Waals surface area contributed by atoms with Crippen molar-refractivity contribution in [2.24, 2.45) is 13.0 Å². The quantitative estimate of drug-likeness (QED) is 0.712. The van der Waals surface area contributed by atoms with E-state index in [0.29, 0.717) is 24.5 Å². The van der Waals surface area contributed by atoms with Crippen molar-refractivity contribution in [2.45, 2.75) is 19.4 Å². The van der Waals surface area contributed by atoms with Gasteiger partial charge in [0.05, 0.1) is 18.0 Å². The molecule has 1 amide bonds. The minimum atomic E-state index is -0.456. The number of carbonyl (C=O) groups excluding carboxylic acids is 1. The molecule has 0 aliphatic carbocycles.